The number of hydrogen-bond acceptors (Lipinski definition) is 3. The van der Waals surface area contributed by atoms with E-state index in [-0.39, 0.29) is 11.7 Å². The fourth-order valence-electron chi connectivity index (χ4n) is 1.68. The van der Waals surface area contributed by atoms with E-state index >= 15 is 0 Å². The van der Waals surface area contributed by atoms with Crippen molar-refractivity contribution in [1.29, 1.82) is 0 Å². The molecule has 0 N–H and O–H groups in total. The second-order valence-electron chi connectivity index (χ2n) is 3.90. The first kappa shape index (κ1) is 12.0. The highest BCUT2D eigenvalue weighted by Gasteiger charge is 2.13. The molecule has 0 spiro atoms. The van der Waals surface area contributed by atoms with Crippen LogP contribution in [-0.4, -0.2) is 10.2 Å². The molecule has 0 fully saturated rings. The second kappa shape index (κ2) is 4.93. The molecule has 0 aliphatic carbocycles. The molecule has 0 saturated carbocycles. The Labute approximate surface area is 117 Å². The first-order valence-electron chi connectivity index (χ1n) is 5.58. The van der Waals surface area contributed by atoms with Crippen LogP contribution in [0.2, 0.25) is 0 Å². The van der Waals surface area contributed by atoms with Crippen molar-refractivity contribution in [3.63, 3.8) is 0 Å². The minimum absolute atomic E-state index is 0.177. The molecule has 2 aromatic carbocycles. The van der Waals surface area contributed by atoms with Crippen molar-refractivity contribution in [1.82, 2.24) is 10.2 Å². The van der Waals surface area contributed by atoms with Crippen LogP contribution in [0.25, 0.3) is 22.9 Å². The molecule has 19 heavy (non-hydrogen) atoms. The first-order valence-corrected chi connectivity index (χ1v) is 6.38. The maximum Gasteiger partial charge on any atom is 0.251 e. The Kier molecular flexibility index (Phi) is 3.13. The van der Waals surface area contributed by atoms with Gasteiger partial charge in [0.25, 0.3) is 5.89 Å². The average molecular weight is 319 g/mol. The van der Waals surface area contributed by atoms with Gasteiger partial charge in [0.1, 0.15) is 5.82 Å². The summed E-state index contributed by atoms with van der Waals surface area (Å²) in [7, 11) is 0. The van der Waals surface area contributed by atoms with Gasteiger partial charge in [-0.3, -0.25) is 0 Å². The highest BCUT2D eigenvalue weighted by atomic mass is 79.9. The van der Waals surface area contributed by atoms with Gasteiger partial charge in [0.15, 0.2) is 0 Å². The number of aromatic nitrogens is 2. The number of hydrogen-bond donors (Lipinski definition) is 0. The van der Waals surface area contributed by atoms with E-state index < -0.39 is 0 Å². The van der Waals surface area contributed by atoms with Crippen LogP contribution in [0.3, 0.4) is 0 Å². The Morgan fingerprint density at radius 2 is 1.58 bits per heavy atom. The number of nitrogens with zero attached hydrogens (tertiary/aromatic N) is 2. The maximum atomic E-state index is 13.6. The van der Waals surface area contributed by atoms with E-state index in [0.29, 0.717) is 11.5 Å². The van der Waals surface area contributed by atoms with Gasteiger partial charge in [-0.05, 0) is 36.4 Å². The van der Waals surface area contributed by atoms with Crippen LogP contribution >= 0.6 is 15.9 Å². The van der Waals surface area contributed by atoms with E-state index in [9.17, 15) is 4.39 Å². The zero-order chi connectivity index (χ0) is 13.2. The Morgan fingerprint density at radius 3 is 2.32 bits per heavy atom. The Hall–Kier alpha value is -2.01. The van der Waals surface area contributed by atoms with Gasteiger partial charge >= 0.3 is 0 Å². The lowest BCUT2D eigenvalue weighted by Crippen LogP contribution is -1.82. The van der Waals surface area contributed by atoms with Gasteiger partial charge in [-0.15, -0.1) is 10.2 Å². The predicted octanol–water partition coefficient (Wildman–Crippen LogP) is 4.31. The third-order valence-corrected chi connectivity index (χ3v) is 3.15. The number of halogens is 2. The van der Waals surface area contributed by atoms with E-state index in [4.69, 9.17) is 4.42 Å². The fraction of sp³-hybridized carbons (Fsp3) is 0. The monoisotopic (exact) mass is 318 g/mol. The van der Waals surface area contributed by atoms with Crippen LogP contribution in [0.1, 0.15) is 0 Å². The van der Waals surface area contributed by atoms with E-state index in [1.807, 2.05) is 24.3 Å². The van der Waals surface area contributed by atoms with E-state index in [2.05, 4.69) is 26.1 Å². The van der Waals surface area contributed by atoms with Crippen molar-refractivity contribution in [3.05, 3.63) is 58.8 Å². The third-order valence-electron chi connectivity index (χ3n) is 2.62. The van der Waals surface area contributed by atoms with Crippen LogP contribution in [0.4, 0.5) is 4.39 Å². The molecule has 1 heterocycles. The molecule has 3 rings (SSSR count). The quantitative estimate of drug-likeness (QED) is 0.707. The normalized spacial score (nSPS) is 10.6. The molecule has 0 unspecified atom stereocenters. The molecule has 0 atom stereocenters. The van der Waals surface area contributed by atoms with Crippen molar-refractivity contribution in [2.24, 2.45) is 0 Å². The molecule has 0 saturated heterocycles. The van der Waals surface area contributed by atoms with E-state index in [0.717, 1.165) is 10.0 Å². The SMILES string of the molecule is Fc1ccccc1-c1nnc(-c2ccc(Br)cc2)o1. The smallest absolute Gasteiger partial charge is 0.251 e. The molecule has 1 aromatic heterocycles. The Balaban J connectivity index is 2.00. The minimum Gasteiger partial charge on any atom is -0.416 e. The van der Waals surface area contributed by atoms with Gasteiger partial charge < -0.3 is 4.42 Å². The highest BCUT2D eigenvalue weighted by Crippen LogP contribution is 2.26. The van der Waals surface area contributed by atoms with Crippen LogP contribution in [0.15, 0.2) is 57.4 Å². The number of rotatable bonds is 2. The summed E-state index contributed by atoms with van der Waals surface area (Å²) in [6.45, 7) is 0. The average Bonchev–Trinajstić information content (AvgIpc) is 2.89. The third kappa shape index (κ3) is 2.42. The Morgan fingerprint density at radius 1 is 0.895 bits per heavy atom. The topological polar surface area (TPSA) is 38.9 Å². The molecular weight excluding hydrogens is 311 g/mol. The zero-order valence-electron chi connectivity index (χ0n) is 9.68. The summed E-state index contributed by atoms with van der Waals surface area (Å²) in [4.78, 5) is 0. The lowest BCUT2D eigenvalue weighted by atomic mass is 10.2. The zero-order valence-corrected chi connectivity index (χ0v) is 11.3. The summed E-state index contributed by atoms with van der Waals surface area (Å²) in [6, 6.07) is 13.8. The summed E-state index contributed by atoms with van der Waals surface area (Å²) in [5, 5.41) is 7.81. The fourth-order valence-corrected chi connectivity index (χ4v) is 1.94. The van der Waals surface area contributed by atoms with Gasteiger partial charge in [0.2, 0.25) is 5.89 Å². The Bertz CT molecular complexity index is 709. The summed E-state index contributed by atoms with van der Waals surface area (Å²) in [6.07, 6.45) is 0. The standard InChI is InChI=1S/C14H8BrFN2O/c15-10-7-5-9(6-8-10)13-17-18-14(19-13)11-3-1-2-4-12(11)16/h1-8H. The molecule has 0 bridgehead atoms. The largest absolute Gasteiger partial charge is 0.416 e. The molecule has 0 amide bonds. The van der Waals surface area contributed by atoms with Gasteiger partial charge in [0, 0.05) is 10.0 Å². The van der Waals surface area contributed by atoms with Crippen molar-refractivity contribution in [2.45, 2.75) is 0 Å². The molecule has 5 heteroatoms. The van der Waals surface area contributed by atoms with Crippen LogP contribution in [0, 0.1) is 5.82 Å². The van der Waals surface area contributed by atoms with Crippen molar-refractivity contribution < 1.29 is 8.81 Å². The molecule has 3 aromatic rings. The van der Waals surface area contributed by atoms with Crippen LogP contribution in [0.5, 0.6) is 0 Å². The molecule has 0 radical (unpaired) electrons. The lowest BCUT2D eigenvalue weighted by molar-refractivity contribution is 0.570. The summed E-state index contributed by atoms with van der Waals surface area (Å²) in [5.74, 6) is 0.162. The van der Waals surface area contributed by atoms with Gasteiger partial charge in [-0.1, -0.05) is 28.1 Å². The maximum absolute atomic E-state index is 13.6. The highest BCUT2D eigenvalue weighted by molar-refractivity contribution is 9.10. The van der Waals surface area contributed by atoms with Gasteiger partial charge in [0.05, 0.1) is 5.56 Å². The molecular formula is C14H8BrFN2O. The van der Waals surface area contributed by atoms with E-state index in [1.165, 1.54) is 6.07 Å². The molecule has 3 nitrogen and oxygen atoms in total. The van der Waals surface area contributed by atoms with Crippen molar-refractivity contribution in [2.75, 3.05) is 0 Å². The lowest BCUT2D eigenvalue weighted by Gasteiger charge is -1.96. The minimum atomic E-state index is -0.381. The molecule has 0 aliphatic rings. The molecule has 0 aliphatic heterocycles. The first-order chi connectivity index (χ1) is 9.24. The van der Waals surface area contributed by atoms with Gasteiger partial charge in [-0.2, -0.15) is 0 Å². The summed E-state index contributed by atoms with van der Waals surface area (Å²) in [5.41, 5.74) is 1.09. The molecule has 94 valence electrons. The van der Waals surface area contributed by atoms with Crippen molar-refractivity contribution >= 4 is 15.9 Å². The van der Waals surface area contributed by atoms with Crippen LogP contribution < -0.4 is 0 Å². The van der Waals surface area contributed by atoms with Crippen LogP contribution in [-0.2, 0) is 0 Å². The predicted molar refractivity (Wildman–Crippen MR) is 72.8 cm³/mol. The summed E-state index contributed by atoms with van der Waals surface area (Å²) >= 11 is 3.35. The van der Waals surface area contributed by atoms with E-state index in [1.54, 1.807) is 18.2 Å². The van der Waals surface area contributed by atoms with Crippen molar-refractivity contribution in [3.8, 4) is 22.9 Å². The number of benzene rings is 2. The van der Waals surface area contributed by atoms with Gasteiger partial charge in [-0.25, -0.2) is 4.39 Å². The summed E-state index contributed by atoms with van der Waals surface area (Å²) < 4.78 is 20.1. The second-order valence-corrected chi connectivity index (χ2v) is 4.81.